The molecule has 222 valence electrons. The summed E-state index contributed by atoms with van der Waals surface area (Å²) in [6.45, 7) is 6.80. The van der Waals surface area contributed by atoms with Crippen molar-refractivity contribution >= 4 is 33.9 Å². The van der Waals surface area contributed by atoms with Crippen LogP contribution in [0.25, 0.3) is 33.5 Å². The largest absolute Gasteiger partial charge is 0.494 e. The third-order valence-electron chi connectivity index (χ3n) is 8.14. The third kappa shape index (κ3) is 5.43. The van der Waals surface area contributed by atoms with E-state index in [0.717, 1.165) is 23.6 Å². The first-order valence-electron chi connectivity index (χ1n) is 14.6. The number of rotatable bonds is 6. The van der Waals surface area contributed by atoms with E-state index in [-0.39, 0.29) is 12.5 Å². The molecule has 2 fully saturated rings. The van der Waals surface area contributed by atoms with Crippen molar-refractivity contribution in [1.29, 1.82) is 0 Å². The first-order chi connectivity index (χ1) is 20.0. The maximum absolute atomic E-state index is 13.7. The lowest BCUT2D eigenvalue weighted by molar-refractivity contribution is 0.0210. The van der Waals surface area contributed by atoms with Crippen molar-refractivity contribution in [2.45, 2.75) is 64.3 Å². The molecule has 2 N–H and O–H groups in total. The zero-order chi connectivity index (χ0) is 29.8. The van der Waals surface area contributed by atoms with Gasteiger partial charge in [-0.15, -0.1) is 0 Å². The molecule has 2 amide bonds. The van der Waals surface area contributed by atoms with Gasteiger partial charge in [-0.3, -0.25) is 4.79 Å². The second kappa shape index (κ2) is 10.7. The highest BCUT2D eigenvalue weighted by molar-refractivity contribution is 6.00. The number of aryl methyl sites for hydroxylation is 1. The highest BCUT2D eigenvalue weighted by Crippen LogP contribution is 2.38. The number of methoxy groups -OCH3 is 1. The van der Waals surface area contributed by atoms with Crippen molar-refractivity contribution in [1.82, 2.24) is 24.3 Å². The van der Waals surface area contributed by atoms with Gasteiger partial charge in [0, 0.05) is 43.1 Å². The number of carbonyl (C=O) groups excluding carboxylic acids is 2. The Labute approximate surface area is 245 Å². The first-order valence-corrected chi connectivity index (χ1v) is 14.6. The van der Waals surface area contributed by atoms with Crippen LogP contribution >= 0.6 is 0 Å². The van der Waals surface area contributed by atoms with Gasteiger partial charge in [-0.2, -0.15) is 0 Å². The van der Waals surface area contributed by atoms with E-state index < -0.39 is 23.8 Å². The molecule has 1 aliphatic carbocycles. The number of aliphatic hydroxyl groups is 1. The maximum Gasteiger partial charge on any atom is 0.408 e. The Balaban J connectivity index is 1.32. The second-order valence-electron chi connectivity index (χ2n) is 12.5. The van der Waals surface area contributed by atoms with E-state index in [1.807, 2.05) is 11.6 Å². The predicted molar refractivity (Wildman–Crippen MR) is 161 cm³/mol. The van der Waals surface area contributed by atoms with Gasteiger partial charge in [-0.05, 0) is 70.2 Å². The standard InChI is InChI=1S/C32H39N5O5/c1-32(2,3)42-31(40)34-23-18-36(13-12-26(23)38)30(39)21-14-22-28(27(16-21)41-5)35(4)29(33-22)25-15-20-8-6-7-9-24(20)37(25)17-19-10-11-19/h6-9,14-16,19,23,26,38H,10-13,17-18H2,1-5H3,(H,34,40)/t23-,26+/m0/s1. The van der Waals surface area contributed by atoms with Crippen molar-refractivity contribution in [2.75, 3.05) is 20.2 Å². The lowest BCUT2D eigenvalue weighted by Gasteiger charge is -2.36. The zero-order valence-corrected chi connectivity index (χ0v) is 24.9. The van der Waals surface area contributed by atoms with E-state index >= 15 is 0 Å². The summed E-state index contributed by atoms with van der Waals surface area (Å²) < 4.78 is 15.5. The molecule has 4 aromatic rings. The van der Waals surface area contributed by atoms with Crippen LogP contribution in [0, 0.1) is 5.92 Å². The van der Waals surface area contributed by atoms with E-state index in [0.29, 0.717) is 35.7 Å². The van der Waals surface area contributed by atoms with Crippen LogP contribution in [0.3, 0.4) is 0 Å². The quantitative estimate of drug-likeness (QED) is 0.346. The average Bonchev–Trinajstić information content (AvgIpc) is 3.61. The summed E-state index contributed by atoms with van der Waals surface area (Å²) in [4.78, 5) is 32.8. The second-order valence-corrected chi connectivity index (χ2v) is 12.5. The Morgan fingerprint density at radius 2 is 1.88 bits per heavy atom. The Hall–Kier alpha value is -4.05. The highest BCUT2D eigenvalue weighted by Gasteiger charge is 2.34. The molecule has 1 saturated carbocycles. The van der Waals surface area contributed by atoms with Crippen LogP contribution in [0.5, 0.6) is 5.75 Å². The number of benzene rings is 2. The van der Waals surface area contributed by atoms with Crippen molar-refractivity contribution in [3.8, 4) is 17.3 Å². The number of para-hydroxylation sites is 1. The number of nitrogens with zero attached hydrogens (tertiary/aromatic N) is 4. The first kappa shape index (κ1) is 28.1. The predicted octanol–water partition coefficient (Wildman–Crippen LogP) is 4.71. The van der Waals surface area contributed by atoms with E-state index in [4.69, 9.17) is 14.5 Å². The van der Waals surface area contributed by atoms with E-state index in [9.17, 15) is 14.7 Å². The van der Waals surface area contributed by atoms with Crippen LogP contribution in [0.2, 0.25) is 0 Å². The van der Waals surface area contributed by atoms with Gasteiger partial charge in [-0.1, -0.05) is 18.2 Å². The zero-order valence-electron chi connectivity index (χ0n) is 24.9. The van der Waals surface area contributed by atoms with E-state index in [2.05, 4.69) is 40.2 Å². The lowest BCUT2D eigenvalue weighted by Crippen LogP contribution is -2.57. The van der Waals surface area contributed by atoms with Gasteiger partial charge in [0.2, 0.25) is 0 Å². The molecule has 0 spiro atoms. The fourth-order valence-electron chi connectivity index (χ4n) is 5.88. The number of amides is 2. The van der Waals surface area contributed by atoms with Gasteiger partial charge in [0.05, 0.1) is 30.5 Å². The smallest absolute Gasteiger partial charge is 0.408 e. The maximum atomic E-state index is 13.7. The monoisotopic (exact) mass is 573 g/mol. The van der Waals surface area contributed by atoms with Crippen molar-refractivity contribution < 1.29 is 24.2 Å². The Morgan fingerprint density at radius 1 is 1.12 bits per heavy atom. The molecule has 0 radical (unpaired) electrons. The molecule has 2 aromatic carbocycles. The van der Waals surface area contributed by atoms with Crippen molar-refractivity contribution in [3.05, 3.63) is 48.0 Å². The summed E-state index contributed by atoms with van der Waals surface area (Å²) in [5.74, 6) is 1.84. The summed E-state index contributed by atoms with van der Waals surface area (Å²) >= 11 is 0. The fourth-order valence-corrected chi connectivity index (χ4v) is 5.88. The summed E-state index contributed by atoms with van der Waals surface area (Å²) in [6, 6.07) is 13.5. The number of piperidine rings is 1. The molecule has 10 nitrogen and oxygen atoms in total. The molecule has 6 rings (SSSR count). The fraction of sp³-hybridized carbons (Fsp3) is 0.469. The number of likely N-dealkylation sites (tertiary alicyclic amines) is 1. The molecule has 3 heterocycles. The van der Waals surface area contributed by atoms with Crippen molar-refractivity contribution in [2.24, 2.45) is 13.0 Å². The van der Waals surface area contributed by atoms with Crippen LogP contribution in [0.15, 0.2) is 42.5 Å². The SMILES string of the molecule is COc1cc(C(=O)N2CC[C@@H](O)[C@@H](NC(=O)OC(C)(C)C)C2)cc2nc(-c3cc4ccccc4n3CC3CC3)n(C)c12. The lowest BCUT2D eigenvalue weighted by atomic mass is 10.0. The molecule has 2 atom stereocenters. The summed E-state index contributed by atoms with van der Waals surface area (Å²) in [5, 5.41) is 14.4. The molecule has 0 bridgehead atoms. The molecular weight excluding hydrogens is 534 g/mol. The number of carbonyl (C=O) groups is 2. The van der Waals surface area contributed by atoms with Crippen LogP contribution in [-0.2, 0) is 18.3 Å². The normalized spacial score (nSPS) is 19.3. The van der Waals surface area contributed by atoms with Crippen LogP contribution in [0.1, 0.15) is 50.4 Å². The molecule has 0 unspecified atom stereocenters. The number of aromatic nitrogens is 3. The molecule has 1 saturated heterocycles. The Morgan fingerprint density at radius 3 is 2.60 bits per heavy atom. The number of fused-ring (bicyclic) bond motifs is 2. The van der Waals surface area contributed by atoms with E-state index in [1.165, 1.54) is 23.7 Å². The summed E-state index contributed by atoms with van der Waals surface area (Å²) in [7, 11) is 3.57. The van der Waals surface area contributed by atoms with Crippen LogP contribution in [-0.4, -0.2) is 74.1 Å². The minimum Gasteiger partial charge on any atom is -0.494 e. The van der Waals surface area contributed by atoms with Crippen LogP contribution < -0.4 is 10.1 Å². The number of nitrogens with one attached hydrogen (secondary N) is 1. The minimum absolute atomic E-state index is 0.161. The highest BCUT2D eigenvalue weighted by atomic mass is 16.6. The number of alkyl carbamates (subject to hydrolysis) is 1. The van der Waals surface area contributed by atoms with Gasteiger partial charge in [0.25, 0.3) is 5.91 Å². The summed E-state index contributed by atoms with van der Waals surface area (Å²) in [6.07, 6.45) is 1.43. The third-order valence-corrected chi connectivity index (χ3v) is 8.14. The number of ether oxygens (including phenoxy) is 2. The van der Waals surface area contributed by atoms with Gasteiger partial charge in [0.1, 0.15) is 16.9 Å². The van der Waals surface area contributed by atoms with Gasteiger partial charge < -0.3 is 33.9 Å². The number of hydrogen-bond acceptors (Lipinski definition) is 6. The van der Waals surface area contributed by atoms with Gasteiger partial charge in [-0.25, -0.2) is 9.78 Å². The molecule has 10 heteroatoms. The number of aliphatic hydroxyl groups excluding tert-OH is 1. The Kier molecular flexibility index (Phi) is 7.12. The topological polar surface area (TPSA) is 111 Å². The molecular formula is C32H39N5O5. The molecule has 2 aromatic heterocycles. The number of imidazole rings is 1. The Bertz CT molecular complexity index is 1660. The molecule has 42 heavy (non-hydrogen) atoms. The van der Waals surface area contributed by atoms with Gasteiger partial charge in [0.15, 0.2) is 5.82 Å². The molecule has 2 aliphatic rings. The average molecular weight is 574 g/mol. The van der Waals surface area contributed by atoms with Gasteiger partial charge >= 0.3 is 6.09 Å². The molecule has 1 aliphatic heterocycles. The number of hydrogen-bond donors (Lipinski definition) is 2. The minimum atomic E-state index is -0.778. The van der Waals surface area contributed by atoms with E-state index in [1.54, 1.807) is 44.9 Å². The van der Waals surface area contributed by atoms with Crippen molar-refractivity contribution in [3.63, 3.8) is 0 Å². The van der Waals surface area contributed by atoms with Crippen LogP contribution in [0.4, 0.5) is 4.79 Å². The summed E-state index contributed by atoms with van der Waals surface area (Å²) in [5.41, 5.74) is 3.48.